The van der Waals surface area contributed by atoms with Crippen molar-refractivity contribution in [3.05, 3.63) is 137 Å². The first-order chi connectivity index (χ1) is 19.8. The fourth-order valence-electron chi connectivity index (χ4n) is 8.15. The van der Waals surface area contributed by atoms with Crippen LogP contribution in [0.25, 0.3) is 43.4 Å². The predicted octanol–water partition coefficient (Wildman–Crippen LogP) is 8.33. The summed E-state index contributed by atoms with van der Waals surface area (Å²) >= 11 is 0. The number of aryl methyl sites for hydroxylation is 3. The molecule has 1 heterocycles. The van der Waals surface area contributed by atoms with Gasteiger partial charge in [0.2, 0.25) is 6.71 Å². The van der Waals surface area contributed by atoms with E-state index in [4.69, 9.17) is 0 Å². The van der Waals surface area contributed by atoms with Gasteiger partial charge in [0.05, 0.1) is 0 Å². The quantitative estimate of drug-likeness (QED) is 0.158. The number of hydrogen-bond donors (Lipinski definition) is 0. The van der Waals surface area contributed by atoms with Gasteiger partial charge in [-0.25, -0.2) is 0 Å². The summed E-state index contributed by atoms with van der Waals surface area (Å²) in [6, 6.07) is 41.7. The van der Waals surface area contributed by atoms with E-state index >= 15 is 0 Å². The van der Waals surface area contributed by atoms with E-state index in [0.29, 0.717) is 0 Å². The second-order valence-electron chi connectivity index (χ2n) is 12.7. The van der Waals surface area contributed by atoms with Gasteiger partial charge in [-0.3, -0.25) is 0 Å². The van der Waals surface area contributed by atoms with Crippen molar-refractivity contribution < 1.29 is 0 Å². The highest BCUT2D eigenvalue weighted by molar-refractivity contribution is 6.97. The third-order valence-electron chi connectivity index (χ3n) is 9.80. The van der Waals surface area contributed by atoms with E-state index in [0.717, 1.165) is 0 Å². The van der Waals surface area contributed by atoms with Crippen LogP contribution in [0.15, 0.2) is 109 Å². The van der Waals surface area contributed by atoms with Gasteiger partial charge in [-0.2, -0.15) is 0 Å². The highest BCUT2D eigenvalue weighted by Crippen LogP contribution is 2.45. The van der Waals surface area contributed by atoms with E-state index in [1.54, 1.807) is 0 Å². The maximum Gasteiger partial charge on any atom is 0.242 e. The van der Waals surface area contributed by atoms with Gasteiger partial charge in [0.15, 0.2) is 0 Å². The molecule has 0 radical (unpaired) electrons. The Hall–Kier alpha value is -4.36. The predicted molar refractivity (Wildman–Crippen MR) is 179 cm³/mol. The summed E-state index contributed by atoms with van der Waals surface area (Å²) in [5.41, 5.74) is 13.6. The van der Waals surface area contributed by atoms with Crippen molar-refractivity contribution in [2.45, 2.75) is 40.0 Å². The van der Waals surface area contributed by atoms with E-state index in [1.807, 2.05) is 0 Å². The zero-order chi connectivity index (χ0) is 28.0. The van der Waals surface area contributed by atoms with Gasteiger partial charge in [-0.15, -0.1) is 0 Å². The van der Waals surface area contributed by atoms with Gasteiger partial charge in [-0.05, 0) is 86.5 Å². The lowest BCUT2D eigenvalue weighted by Crippen LogP contribution is -2.53. The molecule has 8 rings (SSSR count). The van der Waals surface area contributed by atoms with Gasteiger partial charge in [-0.1, -0.05) is 145 Å². The largest absolute Gasteiger partial charge is 0.242 e. The van der Waals surface area contributed by atoms with Crippen LogP contribution in [-0.4, -0.2) is 6.71 Å². The van der Waals surface area contributed by atoms with Gasteiger partial charge >= 0.3 is 0 Å². The Morgan fingerprint density at radius 1 is 0.537 bits per heavy atom. The van der Waals surface area contributed by atoms with Crippen molar-refractivity contribution in [1.82, 2.24) is 0 Å². The summed E-state index contributed by atoms with van der Waals surface area (Å²) in [4.78, 5) is 0. The molecule has 0 amide bonds. The minimum Gasteiger partial charge on any atom is -0.0686 e. The lowest BCUT2D eigenvalue weighted by atomic mass is 9.35. The molecule has 1 aliphatic heterocycles. The van der Waals surface area contributed by atoms with Crippen LogP contribution in [0.5, 0.6) is 0 Å². The third-order valence-corrected chi connectivity index (χ3v) is 9.80. The number of hydrogen-bond acceptors (Lipinski definition) is 0. The molecule has 7 aromatic carbocycles. The molecule has 0 aliphatic carbocycles. The molecule has 0 saturated carbocycles. The normalized spacial score (nSPS) is 14.1. The molecule has 7 aromatic rings. The van der Waals surface area contributed by atoms with E-state index < -0.39 is 0 Å². The van der Waals surface area contributed by atoms with Crippen molar-refractivity contribution in [2.75, 3.05) is 0 Å². The van der Waals surface area contributed by atoms with Gasteiger partial charge in [0.1, 0.15) is 0 Å². The van der Waals surface area contributed by atoms with Crippen LogP contribution < -0.4 is 16.4 Å². The fraction of sp³-hybridized carbons (Fsp3) is 0.150. The van der Waals surface area contributed by atoms with E-state index in [1.165, 1.54) is 87.6 Å². The average molecular weight is 525 g/mol. The molecular formula is C40H33B. The first-order valence-electron chi connectivity index (χ1n) is 14.8. The summed E-state index contributed by atoms with van der Waals surface area (Å²) in [5.74, 6) is 0. The van der Waals surface area contributed by atoms with Crippen LogP contribution in [0.3, 0.4) is 0 Å². The van der Waals surface area contributed by atoms with E-state index in [-0.39, 0.29) is 12.1 Å². The molecule has 0 bridgehead atoms. The Morgan fingerprint density at radius 3 is 2.00 bits per heavy atom. The zero-order valence-corrected chi connectivity index (χ0v) is 24.5. The minimum absolute atomic E-state index is 0.135. The third kappa shape index (κ3) is 3.36. The highest BCUT2D eigenvalue weighted by Gasteiger charge is 2.38. The number of fused-ring (bicyclic) bond motifs is 1. The fourth-order valence-corrected chi connectivity index (χ4v) is 8.15. The van der Waals surface area contributed by atoms with Crippen LogP contribution in [0, 0.1) is 20.8 Å². The molecular weight excluding hydrogens is 491 g/mol. The molecule has 0 N–H and O–H groups in total. The molecule has 1 aliphatic rings. The first-order valence-corrected chi connectivity index (χ1v) is 14.8. The summed E-state index contributed by atoms with van der Waals surface area (Å²) in [5, 5.41) is 8.25. The smallest absolute Gasteiger partial charge is 0.0686 e. The minimum atomic E-state index is -0.135. The second kappa shape index (κ2) is 8.57. The van der Waals surface area contributed by atoms with Crippen LogP contribution in [0.4, 0.5) is 0 Å². The summed E-state index contributed by atoms with van der Waals surface area (Å²) < 4.78 is 0. The SMILES string of the molecule is Cc1cc(C)c(-c2ccc3cc4c5c(ccc6ccc2c3c65)C(C)(C)c2ccccc2B4c2ccccc2)c(C)c1. The van der Waals surface area contributed by atoms with Crippen molar-refractivity contribution in [3.8, 4) is 11.1 Å². The zero-order valence-electron chi connectivity index (χ0n) is 24.5. The summed E-state index contributed by atoms with van der Waals surface area (Å²) in [6.07, 6.45) is 0. The number of benzene rings is 7. The molecule has 0 spiro atoms. The van der Waals surface area contributed by atoms with E-state index in [2.05, 4.69) is 144 Å². The topological polar surface area (TPSA) is 0 Å². The van der Waals surface area contributed by atoms with Crippen LogP contribution in [-0.2, 0) is 5.41 Å². The molecule has 0 unspecified atom stereocenters. The molecule has 0 aromatic heterocycles. The van der Waals surface area contributed by atoms with Gasteiger partial charge < -0.3 is 0 Å². The molecule has 0 atom stereocenters. The van der Waals surface area contributed by atoms with Crippen molar-refractivity contribution in [2.24, 2.45) is 0 Å². The molecule has 1 heteroatoms. The Bertz CT molecular complexity index is 2130. The van der Waals surface area contributed by atoms with Crippen LogP contribution in [0.2, 0.25) is 0 Å². The molecule has 0 nitrogen and oxygen atoms in total. The lowest BCUT2D eigenvalue weighted by Gasteiger charge is -2.29. The maximum absolute atomic E-state index is 2.52. The second-order valence-corrected chi connectivity index (χ2v) is 12.7. The van der Waals surface area contributed by atoms with Crippen molar-refractivity contribution in [3.63, 3.8) is 0 Å². The monoisotopic (exact) mass is 524 g/mol. The average Bonchev–Trinajstić information content (AvgIpc) is 3.04. The standard InChI is InChI=1S/C40H33B/c1-24-21-25(2)36(26(3)22-24)30-19-16-28-23-35-39-33(20-17-27-15-18-31(30)37(28)38(27)39)40(4,5)32-13-9-10-14-34(32)41(35)29-11-7-6-8-12-29/h6-23H,1-5H3. The molecule has 0 saturated heterocycles. The summed E-state index contributed by atoms with van der Waals surface area (Å²) in [6.45, 7) is 11.7. The number of rotatable bonds is 2. The molecule has 41 heavy (non-hydrogen) atoms. The van der Waals surface area contributed by atoms with Gasteiger partial charge in [0.25, 0.3) is 0 Å². The molecule has 0 fully saturated rings. The summed E-state index contributed by atoms with van der Waals surface area (Å²) in [7, 11) is 0. The maximum atomic E-state index is 2.52. The van der Waals surface area contributed by atoms with Gasteiger partial charge in [0, 0.05) is 5.41 Å². The molecule has 196 valence electrons. The Balaban J connectivity index is 1.57. The van der Waals surface area contributed by atoms with Crippen molar-refractivity contribution in [1.29, 1.82) is 0 Å². The highest BCUT2D eigenvalue weighted by atomic mass is 14.3. The Labute approximate surface area is 243 Å². The first kappa shape index (κ1) is 24.4. The van der Waals surface area contributed by atoms with E-state index in [9.17, 15) is 0 Å². The lowest BCUT2D eigenvalue weighted by molar-refractivity contribution is 0.652. The van der Waals surface area contributed by atoms with Crippen molar-refractivity contribution >= 4 is 55.4 Å². The van der Waals surface area contributed by atoms with Crippen LogP contribution in [0.1, 0.15) is 41.7 Å². The Morgan fingerprint density at radius 2 is 1.22 bits per heavy atom. The Kier molecular flexibility index (Phi) is 5.11. The van der Waals surface area contributed by atoms with Crippen LogP contribution >= 0.6 is 0 Å².